The minimum absolute atomic E-state index is 0.00349. The summed E-state index contributed by atoms with van der Waals surface area (Å²) in [7, 11) is -3.39. The average Bonchev–Trinajstić information content (AvgIpc) is 2.98. The second kappa shape index (κ2) is 6.90. The first-order chi connectivity index (χ1) is 12.9. The zero-order chi connectivity index (χ0) is 19.0. The van der Waals surface area contributed by atoms with Crippen molar-refractivity contribution >= 4 is 44.2 Å². The standard InChI is InChI=1S/C18H17N3O4S2/c1-2-25-14-6-4-13(5-7-14)19-17(22)12-3-8-15-16(11-12)26-18-20-27(23,24)10-9-21(15)18/h3-8,11H,2,9-10H2,1H3,(H,19,22). The smallest absolute Gasteiger partial charge is 0.257 e. The number of fused-ring (bicyclic) bond motifs is 3. The molecule has 2 aromatic rings. The number of thioether (sulfide) groups is 1. The van der Waals surface area contributed by atoms with Crippen LogP contribution in [-0.2, 0) is 10.0 Å². The van der Waals surface area contributed by atoms with Gasteiger partial charge in [-0.3, -0.25) is 4.79 Å². The predicted molar refractivity (Wildman–Crippen MR) is 106 cm³/mol. The normalized spacial score (nSPS) is 16.9. The van der Waals surface area contributed by atoms with Crippen LogP contribution >= 0.6 is 11.8 Å². The Morgan fingerprint density at radius 1 is 1.26 bits per heavy atom. The summed E-state index contributed by atoms with van der Waals surface area (Å²) in [6.45, 7) is 2.87. The van der Waals surface area contributed by atoms with Crippen LogP contribution < -0.4 is 15.0 Å². The van der Waals surface area contributed by atoms with Gasteiger partial charge in [-0.15, -0.1) is 4.40 Å². The number of benzene rings is 2. The van der Waals surface area contributed by atoms with Crippen molar-refractivity contribution in [3.8, 4) is 5.75 Å². The van der Waals surface area contributed by atoms with Crippen LogP contribution in [0, 0.1) is 0 Å². The van der Waals surface area contributed by atoms with Gasteiger partial charge in [-0.25, -0.2) is 8.42 Å². The van der Waals surface area contributed by atoms with Gasteiger partial charge < -0.3 is 15.0 Å². The van der Waals surface area contributed by atoms with Gasteiger partial charge in [0.05, 0.1) is 18.0 Å². The number of sulfonamides is 1. The molecule has 140 valence electrons. The van der Waals surface area contributed by atoms with Crippen molar-refractivity contribution in [1.29, 1.82) is 0 Å². The molecule has 0 spiro atoms. The Hall–Kier alpha value is -2.52. The van der Waals surface area contributed by atoms with Gasteiger partial charge in [-0.1, -0.05) is 0 Å². The van der Waals surface area contributed by atoms with Crippen LogP contribution in [0.25, 0.3) is 0 Å². The fraction of sp³-hybridized carbons (Fsp3) is 0.222. The topological polar surface area (TPSA) is 88.1 Å². The van der Waals surface area contributed by atoms with Crippen LogP contribution in [0.15, 0.2) is 51.8 Å². The number of nitrogens with one attached hydrogen (secondary N) is 1. The summed E-state index contributed by atoms with van der Waals surface area (Å²) in [4.78, 5) is 15.2. The Labute approximate surface area is 161 Å². The highest BCUT2D eigenvalue weighted by Gasteiger charge is 2.33. The maximum atomic E-state index is 12.6. The molecule has 0 fully saturated rings. The first-order valence-corrected chi connectivity index (χ1v) is 10.8. The van der Waals surface area contributed by atoms with E-state index in [4.69, 9.17) is 4.74 Å². The van der Waals surface area contributed by atoms with Crippen LogP contribution in [0.1, 0.15) is 17.3 Å². The molecular weight excluding hydrogens is 386 g/mol. The quantitative estimate of drug-likeness (QED) is 0.844. The molecule has 0 radical (unpaired) electrons. The van der Waals surface area contributed by atoms with Crippen LogP contribution in [-0.4, -0.2) is 38.4 Å². The van der Waals surface area contributed by atoms with Crippen LogP contribution in [0.2, 0.25) is 0 Å². The van der Waals surface area contributed by atoms with Crippen LogP contribution in [0.3, 0.4) is 0 Å². The Kier molecular flexibility index (Phi) is 4.56. The van der Waals surface area contributed by atoms with E-state index in [-0.39, 0.29) is 11.7 Å². The highest BCUT2D eigenvalue weighted by Crippen LogP contribution is 2.42. The summed E-state index contributed by atoms with van der Waals surface area (Å²) in [5, 5.41) is 3.30. The zero-order valence-corrected chi connectivity index (χ0v) is 16.1. The largest absolute Gasteiger partial charge is 0.494 e. The molecule has 0 aliphatic carbocycles. The van der Waals surface area contributed by atoms with Gasteiger partial charge >= 0.3 is 0 Å². The van der Waals surface area contributed by atoms with E-state index in [2.05, 4.69) is 9.71 Å². The Bertz CT molecular complexity index is 1030. The fourth-order valence-corrected chi connectivity index (χ4v) is 5.17. The molecule has 9 heteroatoms. The molecule has 0 saturated heterocycles. The second-order valence-corrected chi connectivity index (χ2v) is 8.77. The molecular formula is C18H17N3O4S2. The molecule has 2 aromatic carbocycles. The van der Waals surface area contributed by atoms with Gasteiger partial charge in [0, 0.05) is 22.7 Å². The van der Waals surface area contributed by atoms with Gasteiger partial charge in [0.15, 0.2) is 5.17 Å². The fourth-order valence-electron chi connectivity index (χ4n) is 2.88. The van der Waals surface area contributed by atoms with Crippen molar-refractivity contribution in [3.63, 3.8) is 0 Å². The van der Waals surface area contributed by atoms with Gasteiger partial charge in [-0.05, 0) is 61.2 Å². The number of ether oxygens (including phenoxy) is 1. The Morgan fingerprint density at radius 2 is 2.04 bits per heavy atom. The van der Waals surface area contributed by atoms with Crippen molar-refractivity contribution in [2.24, 2.45) is 4.40 Å². The third kappa shape index (κ3) is 3.65. The summed E-state index contributed by atoms with van der Waals surface area (Å²) < 4.78 is 32.6. The molecule has 0 bridgehead atoms. The van der Waals surface area contributed by atoms with E-state index >= 15 is 0 Å². The monoisotopic (exact) mass is 403 g/mol. The molecule has 0 saturated carbocycles. The molecule has 0 atom stereocenters. The average molecular weight is 403 g/mol. The lowest BCUT2D eigenvalue weighted by molar-refractivity contribution is 0.102. The van der Waals surface area contributed by atoms with Crippen molar-refractivity contribution in [1.82, 2.24) is 0 Å². The van der Waals surface area contributed by atoms with E-state index in [1.54, 1.807) is 36.4 Å². The summed E-state index contributed by atoms with van der Waals surface area (Å²) in [5.74, 6) is 0.509. The van der Waals surface area contributed by atoms with Crippen molar-refractivity contribution < 1.29 is 17.9 Å². The third-order valence-corrected chi connectivity index (χ3v) is 6.46. The molecule has 4 rings (SSSR count). The van der Waals surface area contributed by atoms with Crippen LogP contribution in [0.4, 0.5) is 11.4 Å². The maximum Gasteiger partial charge on any atom is 0.257 e. The number of amides is 1. The van der Waals surface area contributed by atoms with E-state index in [1.165, 1.54) is 11.8 Å². The number of carbonyl (C=O) groups is 1. The van der Waals surface area contributed by atoms with Crippen molar-refractivity contribution in [2.75, 3.05) is 29.1 Å². The number of amidine groups is 1. The highest BCUT2D eigenvalue weighted by atomic mass is 32.2. The molecule has 2 heterocycles. The Balaban J connectivity index is 1.52. The molecule has 1 amide bonds. The first-order valence-electron chi connectivity index (χ1n) is 8.41. The van der Waals surface area contributed by atoms with E-state index < -0.39 is 10.0 Å². The van der Waals surface area contributed by atoms with Crippen LogP contribution in [0.5, 0.6) is 5.75 Å². The zero-order valence-electron chi connectivity index (χ0n) is 14.5. The maximum absolute atomic E-state index is 12.6. The van der Waals surface area contributed by atoms with Crippen molar-refractivity contribution in [3.05, 3.63) is 48.0 Å². The minimum atomic E-state index is -3.39. The van der Waals surface area contributed by atoms with E-state index in [0.717, 1.165) is 16.3 Å². The second-order valence-electron chi connectivity index (χ2n) is 6.01. The van der Waals surface area contributed by atoms with Crippen molar-refractivity contribution in [2.45, 2.75) is 11.8 Å². The van der Waals surface area contributed by atoms with Gasteiger partial charge in [0.25, 0.3) is 15.9 Å². The molecule has 0 unspecified atom stereocenters. The van der Waals surface area contributed by atoms with Gasteiger partial charge in [-0.2, -0.15) is 0 Å². The summed E-state index contributed by atoms with van der Waals surface area (Å²) in [6, 6.07) is 12.5. The lowest BCUT2D eigenvalue weighted by Crippen LogP contribution is -2.35. The molecule has 1 N–H and O–H groups in total. The lowest BCUT2D eigenvalue weighted by Gasteiger charge is -2.22. The highest BCUT2D eigenvalue weighted by molar-refractivity contribution is 8.15. The molecule has 2 aliphatic rings. The number of carbonyl (C=O) groups excluding carboxylic acids is 1. The number of hydrogen-bond donors (Lipinski definition) is 1. The summed E-state index contributed by atoms with van der Waals surface area (Å²) in [5.41, 5.74) is 2.05. The number of nitrogens with zero attached hydrogens (tertiary/aromatic N) is 2. The minimum Gasteiger partial charge on any atom is -0.494 e. The molecule has 2 aliphatic heterocycles. The number of anilines is 2. The number of hydrogen-bond acceptors (Lipinski definition) is 6. The summed E-state index contributed by atoms with van der Waals surface area (Å²) >= 11 is 1.27. The SMILES string of the molecule is CCOc1ccc(NC(=O)c2ccc3c(c2)SC2=NS(=O)(=O)CCN23)cc1. The van der Waals surface area contributed by atoms with Gasteiger partial charge in [0.1, 0.15) is 5.75 Å². The molecule has 7 nitrogen and oxygen atoms in total. The first kappa shape index (κ1) is 17.9. The predicted octanol–water partition coefficient (Wildman–Crippen LogP) is 2.95. The lowest BCUT2D eigenvalue weighted by atomic mass is 10.1. The van der Waals surface area contributed by atoms with E-state index in [1.807, 2.05) is 17.9 Å². The third-order valence-electron chi connectivity index (χ3n) is 4.16. The Morgan fingerprint density at radius 3 is 2.78 bits per heavy atom. The van der Waals surface area contributed by atoms with E-state index in [9.17, 15) is 13.2 Å². The number of rotatable bonds is 4. The molecule has 0 aromatic heterocycles. The van der Waals surface area contributed by atoms with E-state index in [0.29, 0.717) is 29.6 Å². The van der Waals surface area contributed by atoms with Gasteiger partial charge in [0.2, 0.25) is 0 Å². The molecule has 27 heavy (non-hydrogen) atoms. The summed E-state index contributed by atoms with van der Waals surface area (Å²) in [6.07, 6.45) is 0.